The van der Waals surface area contributed by atoms with Crippen LogP contribution in [0.5, 0.6) is 0 Å². The van der Waals surface area contributed by atoms with Crippen LogP contribution in [0.1, 0.15) is 36.7 Å². The molecule has 0 unspecified atom stereocenters. The molecule has 0 atom stereocenters. The molecule has 0 aliphatic heterocycles. The summed E-state index contributed by atoms with van der Waals surface area (Å²) in [6.07, 6.45) is 1.68. The van der Waals surface area contributed by atoms with E-state index in [2.05, 4.69) is 57.2 Å². The summed E-state index contributed by atoms with van der Waals surface area (Å²) in [5.41, 5.74) is 4.39. The molecule has 2 aromatic carbocycles. The maximum absolute atomic E-state index is 8.60. The Hall–Kier alpha value is -2.81. The van der Waals surface area contributed by atoms with Gasteiger partial charge in [0.25, 0.3) is 0 Å². The van der Waals surface area contributed by atoms with Crippen LogP contribution in [0.2, 0.25) is 0 Å². The molecule has 37 heavy (non-hydrogen) atoms. The van der Waals surface area contributed by atoms with E-state index in [0.29, 0.717) is 12.5 Å². The van der Waals surface area contributed by atoms with Crippen LogP contribution >= 0.6 is 0 Å². The fourth-order valence-corrected chi connectivity index (χ4v) is 3.15. The van der Waals surface area contributed by atoms with Crippen molar-refractivity contribution in [3.8, 4) is 11.3 Å². The Labute approximate surface area is 216 Å². The van der Waals surface area contributed by atoms with Gasteiger partial charge in [0.2, 0.25) is 0 Å². The van der Waals surface area contributed by atoms with E-state index in [4.69, 9.17) is 51.1 Å². The van der Waals surface area contributed by atoms with Gasteiger partial charge in [0, 0.05) is 17.0 Å². The average Bonchev–Trinajstić information content (AvgIpc) is 3.29. The number of rotatable bonds is 4. The molecule has 4 rings (SSSR count). The lowest BCUT2D eigenvalue weighted by Gasteiger charge is -2.08. The summed E-state index contributed by atoms with van der Waals surface area (Å²) in [6.45, 7) is 6.98. The van der Waals surface area contributed by atoms with Gasteiger partial charge in [-0.1, -0.05) is 49.7 Å². The number of nitrogens with zero attached hydrogens (tertiary/aromatic N) is 1. The van der Waals surface area contributed by atoms with Crippen molar-refractivity contribution in [2.75, 3.05) is 0 Å². The highest BCUT2D eigenvalue weighted by Crippen LogP contribution is 2.25. The molecule has 0 radical (unpaired) electrons. The van der Waals surface area contributed by atoms with Crippen LogP contribution in [0.4, 0.5) is 0 Å². The molecule has 0 fully saturated rings. The highest BCUT2D eigenvalue weighted by atomic mass is 35.7. The number of hydrogen-bond acceptors (Lipinski definition) is 11. The first-order valence-electron chi connectivity index (χ1n) is 10.5. The molecule has 4 aromatic rings. The van der Waals surface area contributed by atoms with Crippen molar-refractivity contribution >= 4 is 11.0 Å². The SMILES string of the molecule is Cc1ccc2oc(-c3ccc(C(C)C)cc3)cc(=NCc3ccco3)c2c1.[O-][Cl+3]([O-])([O-])O.[O-][Cl+3]([O-])([O-])O. The fraction of sp³-hybridized carbons (Fsp3) is 0.208. The van der Waals surface area contributed by atoms with Crippen molar-refractivity contribution < 1.29 is 66.6 Å². The summed E-state index contributed by atoms with van der Waals surface area (Å²) in [4.78, 5) is 4.80. The third kappa shape index (κ3) is 11.9. The van der Waals surface area contributed by atoms with Gasteiger partial charge in [0.15, 0.2) is 0 Å². The lowest BCUT2D eigenvalue weighted by Crippen LogP contribution is -2.58. The number of halogens is 2. The lowest BCUT2D eigenvalue weighted by molar-refractivity contribution is -1.92. The number of hydrogen-bond donors (Lipinski definition) is 2. The van der Waals surface area contributed by atoms with E-state index >= 15 is 0 Å². The number of furan rings is 1. The van der Waals surface area contributed by atoms with E-state index in [9.17, 15) is 0 Å². The van der Waals surface area contributed by atoms with E-state index < -0.39 is 20.5 Å². The predicted molar refractivity (Wildman–Crippen MR) is 113 cm³/mol. The molecule has 0 aliphatic rings. The van der Waals surface area contributed by atoms with Gasteiger partial charge in [0.05, 0.1) is 48.0 Å². The summed E-state index contributed by atoms with van der Waals surface area (Å²) < 4.78 is 77.1. The maximum atomic E-state index is 8.60. The van der Waals surface area contributed by atoms with E-state index in [0.717, 1.165) is 33.4 Å². The second-order valence-electron chi connectivity index (χ2n) is 7.96. The standard InChI is InChI=1S/C24H23NO2.2ClHO4/c1-16(2)18-7-9-19(10-8-18)24-14-22(25-15-20-5-4-12-26-20)21-13-17(3)6-11-23(21)27-24;2*2-1(3,4)5/h4-14,16H,15H2,1-3H3;2*(H,2,3,4,5). The van der Waals surface area contributed by atoms with Crippen molar-refractivity contribution in [1.82, 2.24) is 0 Å². The van der Waals surface area contributed by atoms with Crippen LogP contribution in [-0.4, -0.2) is 9.32 Å². The molecular formula is C24H25Cl2NO10. The molecule has 200 valence electrons. The van der Waals surface area contributed by atoms with Gasteiger partial charge in [-0.2, -0.15) is 28.0 Å². The molecule has 0 spiro atoms. The first-order valence-corrected chi connectivity index (χ1v) is 13.1. The molecule has 0 saturated carbocycles. The first-order chi connectivity index (χ1) is 17.1. The monoisotopic (exact) mass is 557 g/mol. The second-order valence-corrected chi connectivity index (χ2v) is 9.54. The Balaban J connectivity index is 0.000000412. The van der Waals surface area contributed by atoms with Crippen molar-refractivity contribution in [2.45, 2.75) is 33.2 Å². The maximum Gasteiger partial charge on any atom is 0.136 e. The van der Waals surface area contributed by atoms with Gasteiger partial charge in [-0.3, -0.25) is 4.99 Å². The zero-order chi connectivity index (χ0) is 27.8. The number of fused-ring (bicyclic) bond motifs is 1. The Kier molecular flexibility index (Phi) is 10.8. The molecule has 13 heteroatoms. The molecule has 11 nitrogen and oxygen atoms in total. The zero-order valence-electron chi connectivity index (χ0n) is 20.0. The van der Waals surface area contributed by atoms with Crippen LogP contribution in [0.3, 0.4) is 0 Å². The fourth-order valence-electron chi connectivity index (χ4n) is 3.15. The smallest absolute Gasteiger partial charge is 0.136 e. The summed E-state index contributed by atoms with van der Waals surface area (Å²) in [5.74, 6) is 2.17. The topological polar surface area (TPSA) is 217 Å². The zero-order valence-corrected chi connectivity index (χ0v) is 21.5. The Morgan fingerprint density at radius 3 is 1.97 bits per heavy atom. The van der Waals surface area contributed by atoms with Crippen LogP contribution in [0.15, 0.2) is 80.8 Å². The van der Waals surface area contributed by atoms with Gasteiger partial charge in [0.1, 0.15) is 17.1 Å². The van der Waals surface area contributed by atoms with Gasteiger partial charge < -0.3 is 8.83 Å². The summed E-state index contributed by atoms with van der Waals surface area (Å²) >= 11 is 0. The van der Waals surface area contributed by atoms with Gasteiger partial charge in [-0.15, -0.1) is 0 Å². The van der Waals surface area contributed by atoms with Gasteiger partial charge in [-0.25, -0.2) is 0 Å². The molecule has 2 heterocycles. The van der Waals surface area contributed by atoms with E-state index in [1.54, 1.807) is 6.26 Å². The van der Waals surface area contributed by atoms with Crippen molar-refractivity contribution in [3.05, 3.63) is 89.2 Å². The van der Waals surface area contributed by atoms with E-state index in [-0.39, 0.29) is 0 Å². The van der Waals surface area contributed by atoms with Gasteiger partial charge in [-0.05, 0) is 42.7 Å². The Morgan fingerprint density at radius 2 is 1.46 bits per heavy atom. The average molecular weight is 558 g/mol. The molecule has 0 aliphatic carbocycles. The molecule has 0 amide bonds. The lowest BCUT2D eigenvalue weighted by atomic mass is 10.0. The van der Waals surface area contributed by atoms with Crippen molar-refractivity contribution in [2.24, 2.45) is 4.99 Å². The van der Waals surface area contributed by atoms with Crippen molar-refractivity contribution in [1.29, 1.82) is 0 Å². The predicted octanol–water partition coefficient (Wildman–Crippen LogP) is -2.02. The molecular weight excluding hydrogens is 533 g/mol. The minimum Gasteiger partial charge on any atom is -0.467 e. The van der Waals surface area contributed by atoms with E-state index in [1.165, 1.54) is 11.1 Å². The highest BCUT2D eigenvalue weighted by molar-refractivity contribution is 5.79. The quantitative estimate of drug-likeness (QED) is 0.280. The third-order valence-electron chi connectivity index (χ3n) is 4.75. The number of aryl methyl sites for hydroxylation is 1. The summed E-state index contributed by atoms with van der Waals surface area (Å²) in [5, 5.41) is 1.93. The van der Waals surface area contributed by atoms with E-state index in [1.807, 2.05) is 24.3 Å². The van der Waals surface area contributed by atoms with Crippen LogP contribution in [0, 0.1) is 27.4 Å². The Morgan fingerprint density at radius 1 is 0.865 bits per heavy atom. The second kappa shape index (κ2) is 13.1. The molecule has 2 aromatic heterocycles. The molecule has 0 saturated heterocycles. The largest absolute Gasteiger partial charge is 0.467 e. The minimum atomic E-state index is -4.69. The first kappa shape index (κ1) is 30.4. The highest BCUT2D eigenvalue weighted by Gasteiger charge is 2.08. The van der Waals surface area contributed by atoms with Gasteiger partial charge >= 0.3 is 0 Å². The number of benzene rings is 2. The van der Waals surface area contributed by atoms with Crippen LogP contribution < -0.4 is 33.3 Å². The van der Waals surface area contributed by atoms with Crippen LogP contribution in [-0.2, 0) is 6.54 Å². The summed E-state index contributed by atoms with van der Waals surface area (Å²) in [6, 6.07) is 20.6. The van der Waals surface area contributed by atoms with Crippen molar-refractivity contribution in [3.63, 3.8) is 0 Å². The Bertz CT molecular complexity index is 1300. The van der Waals surface area contributed by atoms with Crippen LogP contribution in [0.25, 0.3) is 22.3 Å². The minimum absolute atomic E-state index is 0.506. The molecule has 2 N–H and O–H groups in total. The molecule has 0 bridgehead atoms. The third-order valence-corrected chi connectivity index (χ3v) is 4.75. The summed E-state index contributed by atoms with van der Waals surface area (Å²) in [7, 11) is -9.39. The normalized spacial score (nSPS) is 12.2.